The zero-order valence-corrected chi connectivity index (χ0v) is 11.0. The molecule has 1 N–H and O–H groups in total. The molecule has 20 heavy (non-hydrogen) atoms. The molecule has 1 aromatic rings. The number of carbonyl (C=O) groups excluding carboxylic acids is 2. The Morgan fingerprint density at radius 1 is 1.40 bits per heavy atom. The van der Waals surface area contributed by atoms with Crippen LogP contribution in [0.15, 0.2) is 21.7 Å². The molecular weight excluding hydrogens is 266 g/mol. The van der Waals surface area contributed by atoms with E-state index in [0.29, 0.717) is 13.0 Å². The number of hydrogen-bond acceptors (Lipinski definition) is 5. The van der Waals surface area contributed by atoms with Gasteiger partial charge in [-0.1, -0.05) is 0 Å². The van der Waals surface area contributed by atoms with Gasteiger partial charge in [0.1, 0.15) is 6.54 Å². The van der Waals surface area contributed by atoms with Crippen molar-refractivity contribution < 1.29 is 14.3 Å². The predicted octanol–water partition coefficient (Wildman–Crippen LogP) is -1.44. The third-order valence-corrected chi connectivity index (χ3v) is 3.26. The van der Waals surface area contributed by atoms with Crippen LogP contribution < -0.4 is 11.1 Å². The van der Waals surface area contributed by atoms with E-state index in [0.717, 1.165) is 16.8 Å². The topological polar surface area (TPSA) is 101 Å². The lowest BCUT2D eigenvalue weighted by molar-refractivity contribution is -0.145. The SMILES string of the molecule is COC(=O)C1CCN(C(=O)Cn2[nH]c(=O)ccc2=O)C1. The van der Waals surface area contributed by atoms with Crippen molar-refractivity contribution in [3.8, 4) is 0 Å². The molecule has 0 saturated carbocycles. The Hall–Kier alpha value is -2.38. The molecule has 1 saturated heterocycles. The Morgan fingerprint density at radius 2 is 2.15 bits per heavy atom. The highest BCUT2D eigenvalue weighted by Gasteiger charge is 2.31. The summed E-state index contributed by atoms with van der Waals surface area (Å²) in [5, 5.41) is 2.28. The number of aromatic amines is 1. The Bertz CT molecular complexity index is 632. The summed E-state index contributed by atoms with van der Waals surface area (Å²) < 4.78 is 5.59. The number of hydrogen-bond donors (Lipinski definition) is 1. The van der Waals surface area contributed by atoms with Crippen molar-refractivity contribution in [1.29, 1.82) is 0 Å². The summed E-state index contributed by atoms with van der Waals surface area (Å²) in [6, 6.07) is 2.21. The van der Waals surface area contributed by atoms with E-state index in [-0.39, 0.29) is 30.9 Å². The van der Waals surface area contributed by atoms with Crippen molar-refractivity contribution in [2.24, 2.45) is 5.92 Å². The first kappa shape index (κ1) is 14.0. The quantitative estimate of drug-likeness (QED) is 0.684. The number of nitrogens with zero attached hydrogens (tertiary/aromatic N) is 2. The molecule has 0 aliphatic carbocycles. The standard InChI is InChI=1S/C12H15N3O5/c1-20-12(19)8-4-5-14(6-8)11(18)7-15-10(17)3-2-9(16)13-15/h2-3,8H,4-7H2,1H3,(H,13,16). The molecule has 2 rings (SSSR count). The molecule has 1 aromatic heterocycles. The van der Waals surface area contributed by atoms with E-state index in [4.69, 9.17) is 0 Å². The van der Waals surface area contributed by atoms with Gasteiger partial charge in [-0.15, -0.1) is 0 Å². The average molecular weight is 281 g/mol. The number of amides is 1. The maximum atomic E-state index is 12.0. The van der Waals surface area contributed by atoms with E-state index >= 15 is 0 Å². The van der Waals surface area contributed by atoms with E-state index in [1.54, 1.807) is 0 Å². The van der Waals surface area contributed by atoms with Crippen molar-refractivity contribution in [3.63, 3.8) is 0 Å². The van der Waals surface area contributed by atoms with Crippen LogP contribution in [0.5, 0.6) is 0 Å². The van der Waals surface area contributed by atoms with Gasteiger partial charge in [-0.2, -0.15) is 0 Å². The van der Waals surface area contributed by atoms with Crippen LogP contribution in [0.25, 0.3) is 0 Å². The molecule has 1 aliphatic rings. The Kier molecular flexibility index (Phi) is 4.02. The largest absolute Gasteiger partial charge is 0.469 e. The van der Waals surface area contributed by atoms with Gasteiger partial charge in [0.05, 0.1) is 13.0 Å². The third-order valence-electron chi connectivity index (χ3n) is 3.26. The summed E-state index contributed by atoms with van der Waals surface area (Å²) in [6.07, 6.45) is 0.540. The molecule has 0 radical (unpaired) electrons. The van der Waals surface area contributed by atoms with Crippen LogP contribution in [-0.4, -0.2) is 46.8 Å². The minimum absolute atomic E-state index is 0.247. The Balaban J connectivity index is 2.03. The summed E-state index contributed by atoms with van der Waals surface area (Å²) in [6.45, 7) is 0.463. The van der Waals surface area contributed by atoms with Crippen molar-refractivity contribution in [3.05, 3.63) is 32.8 Å². The number of nitrogens with one attached hydrogen (secondary N) is 1. The molecule has 0 aromatic carbocycles. The summed E-state index contributed by atoms with van der Waals surface area (Å²) in [7, 11) is 1.31. The lowest BCUT2D eigenvalue weighted by Gasteiger charge is -2.16. The Labute approximate surface area is 113 Å². The molecule has 1 aliphatic heterocycles. The molecule has 2 heterocycles. The molecule has 1 fully saturated rings. The number of likely N-dealkylation sites (tertiary alicyclic amines) is 1. The second-order valence-corrected chi connectivity index (χ2v) is 4.58. The van der Waals surface area contributed by atoms with Gasteiger partial charge in [-0.3, -0.25) is 24.3 Å². The number of rotatable bonds is 3. The van der Waals surface area contributed by atoms with E-state index < -0.39 is 11.1 Å². The van der Waals surface area contributed by atoms with Crippen LogP contribution in [0.4, 0.5) is 0 Å². The maximum Gasteiger partial charge on any atom is 0.310 e. The number of H-pyrrole nitrogens is 1. The maximum absolute atomic E-state index is 12.0. The smallest absolute Gasteiger partial charge is 0.310 e. The first-order chi connectivity index (χ1) is 9.51. The highest BCUT2D eigenvalue weighted by molar-refractivity contribution is 5.79. The lowest BCUT2D eigenvalue weighted by Crippen LogP contribution is -2.38. The molecule has 1 unspecified atom stereocenters. The normalized spacial score (nSPS) is 18.1. The average Bonchev–Trinajstić information content (AvgIpc) is 2.91. The lowest BCUT2D eigenvalue weighted by atomic mass is 10.1. The zero-order chi connectivity index (χ0) is 14.7. The molecule has 1 amide bonds. The first-order valence-corrected chi connectivity index (χ1v) is 6.17. The second kappa shape index (κ2) is 5.72. The fourth-order valence-electron chi connectivity index (χ4n) is 2.16. The minimum atomic E-state index is -0.457. The highest BCUT2D eigenvalue weighted by Crippen LogP contribution is 2.17. The molecule has 8 nitrogen and oxygen atoms in total. The van der Waals surface area contributed by atoms with Gasteiger partial charge in [-0.05, 0) is 6.42 Å². The van der Waals surface area contributed by atoms with Gasteiger partial charge in [0.25, 0.3) is 11.1 Å². The van der Waals surface area contributed by atoms with Gasteiger partial charge in [0.15, 0.2) is 0 Å². The second-order valence-electron chi connectivity index (χ2n) is 4.58. The highest BCUT2D eigenvalue weighted by atomic mass is 16.5. The number of ether oxygens (including phenoxy) is 1. The van der Waals surface area contributed by atoms with Gasteiger partial charge < -0.3 is 9.64 Å². The molecule has 8 heteroatoms. The first-order valence-electron chi connectivity index (χ1n) is 6.17. The monoisotopic (exact) mass is 281 g/mol. The summed E-state index contributed by atoms with van der Waals surface area (Å²) in [5.41, 5.74) is -0.909. The van der Waals surface area contributed by atoms with Gasteiger partial charge >= 0.3 is 5.97 Å². The minimum Gasteiger partial charge on any atom is -0.469 e. The van der Waals surface area contributed by atoms with E-state index in [2.05, 4.69) is 9.84 Å². The van der Waals surface area contributed by atoms with E-state index in [1.807, 2.05) is 0 Å². The number of aromatic nitrogens is 2. The third kappa shape index (κ3) is 2.95. The van der Waals surface area contributed by atoms with Crippen LogP contribution in [0.1, 0.15) is 6.42 Å². The molecule has 0 spiro atoms. The van der Waals surface area contributed by atoms with Gasteiger partial charge in [0, 0.05) is 25.2 Å². The summed E-state index contributed by atoms with van der Waals surface area (Å²) >= 11 is 0. The molecule has 0 bridgehead atoms. The summed E-state index contributed by atoms with van der Waals surface area (Å²) in [4.78, 5) is 47.5. The number of methoxy groups -OCH3 is 1. The Morgan fingerprint density at radius 3 is 2.85 bits per heavy atom. The van der Waals surface area contributed by atoms with Crippen LogP contribution in [0.3, 0.4) is 0 Å². The van der Waals surface area contributed by atoms with Crippen molar-refractivity contribution >= 4 is 11.9 Å². The number of esters is 1. The van der Waals surface area contributed by atoms with E-state index in [9.17, 15) is 19.2 Å². The predicted molar refractivity (Wildman–Crippen MR) is 68.0 cm³/mol. The van der Waals surface area contributed by atoms with Crippen LogP contribution in [0.2, 0.25) is 0 Å². The van der Waals surface area contributed by atoms with Crippen LogP contribution >= 0.6 is 0 Å². The molecular formula is C12H15N3O5. The van der Waals surface area contributed by atoms with Crippen LogP contribution in [0, 0.1) is 5.92 Å². The molecule has 108 valence electrons. The van der Waals surface area contributed by atoms with Crippen molar-refractivity contribution in [2.75, 3.05) is 20.2 Å². The van der Waals surface area contributed by atoms with E-state index in [1.165, 1.54) is 12.0 Å². The van der Waals surface area contributed by atoms with Crippen LogP contribution in [-0.2, 0) is 20.9 Å². The fraction of sp³-hybridized carbons (Fsp3) is 0.500. The van der Waals surface area contributed by atoms with Gasteiger partial charge in [0.2, 0.25) is 5.91 Å². The van der Waals surface area contributed by atoms with Gasteiger partial charge in [-0.25, -0.2) is 4.68 Å². The summed E-state index contributed by atoms with van der Waals surface area (Å²) in [5.74, 6) is -0.985. The van der Waals surface area contributed by atoms with Crippen molar-refractivity contribution in [1.82, 2.24) is 14.7 Å². The van der Waals surface area contributed by atoms with Crippen molar-refractivity contribution in [2.45, 2.75) is 13.0 Å². The zero-order valence-electron chi connectivity index (χ0n) is 11.0. The number of carbonyl (C=O) groups is 2. The molecule has 1 atom stereocenters. The fourth-order valence-corrected chi connectivity index (χ4v) is 2.16.